The lowest BCUT2D eigenvalue weighted by Crippen LogP contribution is -1.89. The van der Waals surface area contributed by atoms with Crippen LogP contribution in [0.3, 0.4) is 0 Å². The van der Waals surface area contributed by atoms with Crippen LogP contribution in [0.25, 0.3) is 11.1 Å². The summed E-state index contributed by atoms with van der Waals surface area (Å²) in [6.45, 7) is 2.09. The van der Waals surface area contributed by atoms with Gasteiger partial charge in [-0.3, -0.25) is 4.68 Å². The lowest BCUT2D eigenvalue weighted by atomic mass is 10.1. The van der Waals surface area contributed by atoms with Crippen LogP contribution in [0.4, 0.5) is 5.69 Å². The maximum atomic E-state index is 6.01. The highest BCUT2D eigenvalue weighted by molar-refractivity contribution is 6.33. The number of benzene rings is 1. The molecule has 0 saturated carbocycles. The van der Waals surface area contributed by atoms with Gasteiger partial charge < -0.3 is 5.73 Å². The molecule has 0 radical (unpaired) electrons. The zero-order valence-corrected chi connectivity index (χ0v) is 10.1. The number of hydrogen-bond donors (Lipinski definition) is 1. The van der Waals surface area contributed by atoms with Gasteiger partial charge in [0.1, 0.15) is 0 Å². The molecule has 2 N–H and O–H groups in total. The summed E-state index contributed by atoms with van der Waals surface area (Å²) >= 11 is 6.01. The topological polar surface area (TPSA) is 43.8 Å². The molecule has 0 spiro atoms. The number of aryl methyl sites for hydroxylation is 2. The number of nitrogen functional groups attached to an aromatic ring is 1. The Labute approximate surface area is 99.8 Å². The van der Waals surface area contributed by atoms with Crippen molar-refractivity contribution in [2.24, 2.45) is 7.05 Å². The molecule has 84 valence electrons. The van der Waals surface area contributed by atoms with E-state index in [4.69, 9.17) is 17.3 Å². The van der Waals surface area contributed by atoms with Crippen LogP contribution in [0.1, 0.15) is 12.6 Å². The molecular weight excluding hydrogens is 222 g/mol. The minimum absolute atomic E-state index is 0.586. The molecule has 0 atom stereocenters. The molecule has 0 aliphatic rings. The number of anilines is 1. The fourth-order valence-corrected chi connectivity index (χ4v) is 1.91. The first-order valence-corrected chi connectivity index (χ1v) is 5.57. The van der Waals surface area contributed by atoms with Gasteiger partial charge in [-0.2, -0.15) is 5.10 Å². The summed E-state index contributed by atoms with van der Waals surface area (Å²) in [6.07, 6.45) is 2.90. The summed E-state index contributed by atoms with van der Waals surface area (Å²) < 4.78 is 1.82. The molecule has 2 aromatic rings. The van der Waals surface area contributed by atoms with Crippen molar-refractivity contribution in [2.75, 3.05) is 5.73 Å². The number of halogens is 1. The maximum absolute atomic E-state index is 6.01. The van der Waals surface area contributed by atoms with E-state index in [0.29, 0.717) is 10.7 Å². The van der Waals surface area contributed by atoms with Gasteiger partial charge in [0, 0.05) is 18.8 Å². The minimum Gasteiger partial charge on any atom is -0.398 e. The first-order chi connectivity index (χ1) is 7.61. The minimum atomic E-state index is 0.586. The van der Waals surface area contributed by atoms with Crippen molar-refractivity contribution >= 4 is 17.3 Å². The first kappa shape index (κ1) is 11.0. The monoisotopic (exact) mass is 235 g/mol. The van der Waals surface area contributed by atoms with Crippen molar-refractivity contribution < 1.29 is 0 Å². The van der Waals surface area contributed by atoms with Crippen molar-refractivity contribution in [2.45, 2.75) is 13.3 Å². The number of nitrogens with zero attached hydrogens (tertiary/aromatic N) is 2. The van der Waals surface area contributed by atoms with E-state index >= 15 is 0 Å². The molecule has 0 amide bonds. The molecule has 1 aromatic carbocycles. The molecule has 1 heterocycles. The fraction of sp³-hybridized carbons (Fsp3) is 0.250. The SMILES string of the molecule is CCc1nn(C)cc1-c1ccc(N)c(Cl)c1. The molecule has 0 unspecified atom stereocenters. The van der Waals surface area contributed by atoms with Crippen LogP contribution in [-0.4, -0.2) is 9.78 Å². The molecule has 0 aliphatic carbocycles. The zero-order valence-electron chi connectivity index (χ0n) is 9.37. The van der Waals surface area contributed by atoms with E-state index in [1.165, 1.54) is 0 Å². The van der Waals surface area contributed by atoms with Crippen molar-refractivity contribution in [3.8, 4) is 11.1 Å². The standard InChI is InChI=1S/C12H14ClN3/c1-3-12-9(7-16(2)15-12)8-4-5-11(14)10(13)6-8/h4-7H,3,14H2,1-2H3. The van der Waals surface area contributed by atoms with Crippen molar-refractivity contribution in [3.63, 3.8) is 0 Å². The predicted octanol–water partition coefficient (Wildman–Crippen LogP) is 2.89. The smallest absolute Gasteiger partial charge is 0.0700 e. The average Bonchev–Trinajstić information content (AvgIpc) is 2.63. The van der Waals surface area contributed by atoms with Crippen LogP contribution in [-0.2, 0) is 13.5 Å². The van der Waals surface area contributed by atoms with E-state index in [9.17, 15) is 0 Å². The maximum Gasteiger partial charge on any atom is 0.0700 e. The molecule has 2 rings (SSSR count). The highest BCUT2D eigenvalue weighted by Gasteiger charge is 2.09. The number of rotatable bonds is 2. The molecule has 0 saturated heterocycles. The Bertz CT molecular complexity index is 517. The van der Waals surface area contributed by atoms with Crippen LogP contribution in [0.5, 0.6) is 0 Å². The lowest BCUT2D eigenvalue weighted by Gasteiger charge is -2.03. The molecule has 0 aliphatic heterocycles. The van der Waals surface area contributed by atoms with E-state index in [1.54, 1.807) is 0 Å². The van der Waals surface area contributed by atoms with E-state index < -0.39 is 0 Å². The van der Waals surface area contributed by atoms with Gasteiger partial charge >= 0.3 is 0 Å². The second kappa shape index (κ2) is 4.18. The summed E-state index contributed by atoms with van der Waals surface area (Å²) in [7, 11) is 1.92. The van der Waals surface area contributed by atoms with Gasteiger partial charge in [0.25, 0.3) is 0 Å². The van der Waals surface area contributed by atoms with Gasteiger partial charge in [-0.05, 0) is 24.1 Å². The molecule has 16 heavy (non-hydrogen) atoms. The summed E-state index contributed by atoms with van der Waals surface area (Å²) in [5, 5.41) is 4.99. The van der Waals surface area contributed by atoms with Gasteiger partial charge in [0.2, 0.25) is 0 Å². The highest BCUT2D eigenvalue weighted by atomic mass is 35.5. The van der Waals surface area contributed by atoms with Gasteiger partial charge in [0.05, 0.1) is 16.4 Å². The summed E-state index contributed by atoms with van der Waals surface area (Å²) in [5.41, 5.74) is 9.54. The second-order valence-corrected chi connectivity index (χ2v) is 4.16. The van der Waals surface area contributed by atoms with E-state index in [-0.39, 0.29) is 0 Å². The Morgan fingerprint density at radius 3 is 2.81 bits per heavy atom. The Hall–Kier alpha value is -1.48. The van der Waals surface area contributed by atoms with Crippen LogP contribution in [0.2, 0.25) is 5.02 Å². The average molecular weight is 236 g/mol. The number of hydrogen-bond acceptors (Lipinski definition) is 2. The van der Waals surface area contributed by atoms with Crippen molar-refractivity contribution in [1.82, 2.24) is 9.78 Å². The first-order valence-electron chi connectivity index (χ1n) is 5.19. The summed E-state index contributed by atoms with van der Waals surface area (Å²) in [5.74, 6) is 0. The third-order valence-corrected chi connectivity index (χ3v) is 2.88. The molecular formula is C12H14ClN3. The zero-order chi connectivity index (χ0) is 11.7. The van der Waals surface area contributed by atoms with E-state index in [0.717, 1.165) is 23.2 Å². The highest BCUT2D eigenvalue weighted by Crippen LogP contribution is 2.28. The lowest BCUT2D eigenvalue weighted by molar-refractivity contribution is 0.746. The van der Waals surface area contributed by atoms with Crippen LogP contribution >= 0.6 is 11.6 Å². The molecule has 3 nitrogen and oxygen atoms in total. The van der Waals surface area contributed by atoms with Crippen molar-refractivity contribution in [1.29, 1.82) is 0 Å². The van der Waals surface area contributed by atoms with E-state index in [2.05, 4.69) is 12.0 Å². The predicted molar refractivity (Wildman–Crippen MR) is 67.4 cm³/mol. The normalized spacial score (nSPS) is 10.7. The number of nitrogens with two attached hydrogens (primary N) is 1. The van der Waals surface area contributed by atoms with Crippen LogP contribution in [0, 0.1) is 0 Å². The van der Waals surface area contributed by atoms with Crippen LogP contribution < -0.4 is 5.73 Å². The molecule has 1 aromatic heterocycles. The summed E-state index contributed by atoms with van der Waals surface area (Å²) in [4.78, 5) is 0. The largest absolute Gasteiger partial charge is 0.398 e. The molecule has 0 fully saturated rings. The Kier molecular flexibility index (Phi) is 2.88. The quantitative estimate of drug-likeness (QED) is 0.814. The Morgan fingerprint density at radius 2 is 2.19 bits per heavy atom. The van der Waals surface area contributed by atoms with Gasteiger partial charge in [-0.25, -0.2) is 0 Å². The van der Waals surface area contributed by atoms with E-state index in [1.807, 2.05) is 36.1 Å². The second-order valence-electron chi connectivity index (χ2n) is 3.75. The van der Waals surface area contributed by atoms with Crippen LogP contribution in [0.15, 0.2) is 24.4 Å². The summed E-state index contributed by atoms with van der Waals surface area (Å²) in [6, 6.07) is 5.68. The number of aromatic nitrogens is 2. The Balaban J connectivity index is 2.53. The molecule has 4 heteroatoms. The molecule has 0 bridgehead atoms. The van der Waals surface area contributed by atoms with Gasteiger partial charge in [0.15, 0.2) is 0 Å². The fourth-order valence-electron chi connectivity index (χ4n) is 1.73. The third-order valence-electron chi connectivity index (χ3n) is 2.55. The van der Waals surface area contributed by atoms with Crippen molar-refractivity contribution in [3.05, 3.63) is 35.1 Å². The Morgan fingerprint density at radius 1 is 1.44 bits per heavy atom. The van der Waals surface area contributed by atoms with Gasteiger partial charge in [-0.1, -0.05) is 24.6 Å². The van der Waals surface area contributed by atoms with Gasteiger partial charge in [-0.15, -0.1) is 0 Å². The third kappa shape index (κ3) is 1.91.